The minimum atomic E-state index is -0.0469. The van der Waals surface area contributed by atoms with E-state index in [4.69, 9.17) is 0 Å². The van der Waals surface area contributed by atoms with Gasteiger partial charge in [-0.3, -0.25) is 0 Å². The Balaban J connectivity index is 1.09. The summed E-state index contributed by atoms with van der Waals surface area (Å²) in [5.41, 5.74) is 30.1. The first-order valence-electron chi connectivity index (χ1n) is 40.4. The van der Waals surface area contributed by atoms with Crippen LogP contribution >= 0.6 is 45.3 Å². The topological polar surface area (TPSA) is 0 Å². The summed E-state index contributed by atoms with van der Waals surface area (Å²) in [6.07, 6.45) is 0. The van der Waals surface area contributed by atoms with Crippen LogP contribution in [-0.2, 0) is 43.3 Å². The van der Waals surface area contributed by atoms with Gasteiger partial charge in [-0.15, -0.1) is 45.3 Å². The van der Waals surface area contributed by atoms with Crippen molar-refractivity contribution in [1.29, 1.82) is 0 Å². The maximum atomic E-state index is 2.64. The van der Waals surface area contributed by atoms with Crippen LogP contribution in [0.3, 0.4) is 0 Å². The fraction of sp³-hybridized carbons (Fsp3) is 0.296. The molecule has 0 aliphatic rings. The van der Waals surface area contributed by atoms with Crippen molar-refractivity contribution in [2.75, 3.05) is 0 Å². The Morgan fingerprint density at radius 3 is 0.500 bits per heavy atom. The molecule has 16 rings (SSSR count). The second-order valence-corrected chi connectivity index (χ2v) is 44.1. The number of fused-ring (bicyclic) bond motifs is 12. The van der Waals surface area contributed by atoms with Crippen molar-refractivity contribution in [3.63, 3.8) is 0 Å². The summed E-state index contributed by atoms with van der Waals surface area (Å²) in [6, 6.07) is 87.7. The van der Waals surface area contributed by atoms with Crippen LogP contribution in [0.2, 0.25) is 0 Å². The summed E-state index contributed by atoms with van der Waals surface area (Å²) in [7, 11) is 0. The van der Waals surface area contributed by atoms with Crippen molar-refractivity contribution < 1.29 is 0 Å². The van der Waals surface area contributed by atoms with Crippen LogP contribution in [0.15, 0.2) is 229 Å². The molecule has 12 aromatic carbocycles. The van der Waals surface area contributed by atoms with Crippen LogP contribution in [0, 0.1) is 0 Å². The predicted octanol–water partition coefficient (Wildman–Crippen LogP) is 34.2. The van der Waals surface area contributed by atoms with Gasteiger partial charge < -0.3 is 0 Å². The summed E-state index contributed by atoms with van der Waals surface area (Å²) < 4.78 is 5.32. The molecule has 0 fully saturated rings. The first-order valence-corrected chi connectivity index (χ1v) is 43.8. The SMILES string of the molecule is CC(C)(C)c1ccc(-c2c(-c3ccc(C(C)(C)C)cc3)c(-c3ccc(C(C)(C)C)cc3)c3c4cc(-c5cc6c(s5)c5sccc5c5c(-c7ccc(C(C)(C)C)cc7)c(-c7ccc(C(C)(C)C)cc7)c(-c7ccc(C(C)(C)C)cc7)c(-c7ccc(C(C)(C)C)cc7)c65)sc4c4sccc4c3c2-c2ccc(C(C)(C)C)cc2)cc1. The Labute approximate surface area is 683 Å². The van der Waals surface area contributed by atoms with E-state index in [1.807, 2.05) is 45.3 Å². The van der Waals surface area contributed by atoms with Gasteiger partial charge in [0.2, 0.25) is 0 Å². The van der Waals surface area contributed by atoms with Crippen molar-refractivity contribution in [3.05, 3.63) is 274 Å². The van der Waals surface area contributed by atoms with Crippen molar-refractivity contribution in [2.24, 2.45) is 0 Å². The number of thiophene rings is 4. The molecule has 0 saturated heterocycles. The molecule has 0 bridgehead atoms. The zero-order chi connectivity index (χ0) is 79.6. The Kier molecular flexibility index (Phi) is 18.8. The van der Waals surface area contributed by atoms with E-state index in [1.165, 1.54) is 205 Å². The highest BCUT2D eigenvalue weighted by atomic mass is 32.1. The molecule has 0 N–H and O–H groups in total. The summed E-state index contributed by atoms with van der Waals surface area (Å²) in [6.45, 7) is 56.1. The Morgan fingerprint density at radius 1 is 0.170 bits per heavy atom. The third kappa shape index (κ3) is 13.8. The molecule has 0 amide bonds. The van der Waals surface area contributed by atoms with Crippen molar-refractivity contribution in [3.8, 4) is 98.8 Å². The van der Waals surface area contributed by atoms with Crippen LogP contribution in [-0.4, -0.2) is 0 Å². The van der Waals surface area contributed by atoms with Gasteiger partial charge in [-0.25, -0.2) is 0 Å². The smallest absolute Gasteiger partial charge is 0.0534 e. The van der Waals surface area contributed by atoms with Crippen LogP contribution in [0.1, 0.15) is 211 Å². The molecule has 112 heavy (non-hydrogen) atoms. The molecule has 0 radical (unpaired) electrons. The largest absolute Gasteiger partial charge is 0.142 e. The van der Waals surface area contributed by atoms with Gasteiger partial charge in [0, 0.05) is 52.8 Å². The van der Waals surface area contributed by atoms with E-state index in [1.54, 1.807) is 0 Å². The minimum absolute atomic E-state index is 0.0330. The Hall–Kier alpha value is -9.00. The third-order valence-corrected chi connectivity index (χ3v) is 28.5. The van der Waals surface area contributed by atoms with Crippen LogP contribution < -0.4 is 0 Å². The molecule has 4 heterocycles. The summed E-state index contributed by atoms with van der Waals surface area (Å²) in [5, 5.41) is 15.1. The van der Waals surface area contributed by atoms with Gasteiger partial charge in [0.25, 0.3) is 0 Å². The molecule has 16 aromatic rings. The third-order valence-electron chi connectivity index (χ3n) is 23.8. The van der Waals surface area contributed by atoms with Gasteiger partial charge in [0.1, 0.15) is 0 Å². The normalized spacial score (nSPS) is 13.2. The van der Waals surface area contributed by atoms with Crippen LogP contribution in [0.4, 0.5) is 0 Å². The van der Waals surface area contributed by atoms with Gasteiger partial charge in [-0.05, 0) is 212 Å². The average molecular weight is 1540 g/mol. The fourth-order valence-corrected chi connectivity index (χ4v) is 21.6. The first-order chi connectivity index (χ1) is 52.6. The molecule has 0 spiro atoms. The quantitative estimate of drug-likeness (QED) is 0.135. The Morgan fingerprint density at radius 2 is 0.330 bits per heavy atom. The van der Waals surface area contributed by atoms with E-state index in [2.05, 4.69) is 395 Å². The second kappa shape index (κ2) is 27.4. The Bertz CT molecular complexity index is 5900. The van der Waals surface area contributed by atoms with E-state index >= 15 is 0 Å². The lowest BCUT2D eigenvalue weighted by Gasteiger charge is -2.27. The van der Waals surface area contributed by atoms with Crippen LogP contribution in [0.25, 0.3) is 161 Å². The van der Waals surface area contributed by atoms with Gasteiger partial charge in [-0.2, -0.15) is 0 Å². The van der Waals surface area contributed by atoms with Gasteiger partial charge in [0.15, 0.2) is 0 Å². The predicted molar refractivity (Wildman–Crippen MR) is 502 cm³/mol. The van der Waals surface area contributed by atoms with E-state index < -0.39 is 0 Å². The number of rotatable bonds is 9. The van der Waals surface area contributed by atoms with E-state index in [9.17, 15) is 0 Å². The van der Waals surface area contributed by atoms with E-state index in [0.717, 1.165) is 0 Å². The molecule has 566 valence electrons. The molecule has 0 atom stereocenters. The summed E-state index contributed by atoms with van der Waals surface area (Å²) >= 11 is 7.78. The average Bonchev–Trinajstić information content (AvgIpc) is 1.35. The van der Waals surface area contributed by atoms with E-state index in [-0.39, 0.29) is 43.3 Å². The van der Waals surface area contributed by atoms with Crippen molar-refractivity contribution >= 4 is 107 Å². The summed E-state index contributed by atoms with van der Waals surface area (Å²) in [4.78, 5) is 2.56. The molecule has 0 unspecified atom stereocenters. The lowest BCUT2D eigenvalue weighted by Crippen LogP contribution is -2.11. The van der Waals surface area contributed by atoms with Gasteiger partial charge in [-0.1, -0.05) is 360 Å². The maximum absolute atomic E-state index is 2.64. The number of benzene rings is 12. The highest BCUT2D eigenvalue weighted by Gasteiger charge is 2.34. The molecule has 0 saturated carbocycles. The van der Waals surface area contributed by atoms with E-state index in [0.29, 0.717) is 0 Å². The van der Waals surface area contributed by atoms with Crippen molar-refractivity contribution in [1.82, 2.24) is 0 Å². The standard InChI is InChI=1S/C108H110S4/c1-101(2,3)71-41-25-63(26-42-71)85-87(65-29-45-73(46-30-65)103(7,8)9)91(69-37-53-77(54-38-69)107(19,20)21)95-81-61-83(111-99(81)97-79(57-59-109-97)93(95)89(85)67-33-49-75(50-34-67)105(13,14)15)84-62-82-96-92(70-39-55-78(56-40-70)108(22,23)24)88(66-31-47-74(48-32-66)104(10,11)12)86(64-27-43-72(44-28-64)102(4,5)6)90(68-35-51-76(52-36-68)106(16,17)18)94(96)80-58-60-110-98(80)100(82)112-84/h25-62H,1-24H3. The molecule has 0 nitrogen and oxygen atoms in total. The molecule has 0 aliphatic heterocycles. The highest BCUT2D eigenvalue weighted by molar-refractivity contribution is 7.33. The molecule has 4 heteroatoms. The molecular weight excluding hydrogens is 1430 g/mol. The zero-order valence-corrected chi connectivity index (χ0v) is 73.8. The van der Waals surface area contributed by atoms with Gasteiger partial charge in [0.05, 0.1) is 18.8 Å². The molecule has 0 aliphatic carbocycles. The second-order valence-electron chi connectivity index (χ2n) is 40.2. The van der Waals surface area contributed by atoms with Crippen molar-refractivity contribution in [2.45, 2.75) is 209 Å². The number of hydrogen-bond donors (Lipinski definition) is 0. The van der Waals surface area contributed by atoms with Crippen LogP contribution in [0.5, 0.6) is 0 Å². The highest BCUT2D eigenvalue weighted by Crippen LogP contribution is 2.61. The molecular formula is C108H110S4. The molecule has 4 aromatic heterocycles. The maximum Gasteiger partial charge on any atom is 0.0534 e. The summed E-state index contributed by atoms with van der Waals surface area (Å²) in [5.74, 6) is 0. The van der Waals surface area contributed by atoms with Gasteiger partial charge >= 0.3 is 0 Å². The fourth-order valence-electron chi connectivity index (χ4n) is 17.1. The first kappa shape index (κ1) is 77.0. The lowest BCUT2D eigenvalue weighted by molar-refractivity contribution is 0.590. The monoisotopic (exact) mass is 1530 g/mol. The lowest BCUT2D eigenvalue weighted by atomic mass is 9.76. The number of hydrogen-bond acceptors (Lipinski definition) is 4. The minimum Gasteiger partial charge on any atom is -0.142 e. The zero-order valence-electron chi connectivity index (χ0n) is 70.6.